The van der Waals surface area contributed by atoms with Gasteiger partial charge in [0, 0.05) is 12.4 Å². The molecule has 1 aromatic heterocycles. The number of aromatic nitrogens is 1. The molecule has 27 heavy (non-hydrogen) atoms. The van der Waals surface area contributed by atoms with E-state index in [-0.39, 0.29) is 11.0 Å². The fraction of sp³-hybridized carbons (Fsp3) is 0.0952. The first-order valence-electron chi connectivity index (χ1n) is 8.59. The molecule has 0 spiro atoms. The number of hydrogen-bond acceptors (Lipinski definition) is 3. The summed E-state index contributed by atoms with van der Waals surface area (Å²) >= 11 is 5.03. The molecule has 5 nitrogen and oxygen atoms in total. The van der Waals surface area contributed by atoms with Gasteiger partial charge in [0.15, 0.2) is 5.69 Å². The third kappa shape index (κ3) is 3.15. The Morgan fingerprint density at radius 3 is 2.52 bits per heavy atom. The van der Waals surface area contributed by atoms with Gasteiger partial charge in [0.25, 0.3) is 0 Å². The monoisotopic (exact) mass is 374 g/mol. The van der Waals surface area contributed by atoms with E-state index in [1.54, 1.807) is 7.05 Å². The van der Waals surface area contributed by atoms with Gasteiger partial charge in [0.2, 0.25) is 11.0 Å². The molecule has 6 heteroatoms. The second-order valence-electron chi connectivity index (χ2n) is 6.17. The van der Waals surface area contributed by atoms with E-state index >= 15 is 0 Å². The molecule has 0 amide bonds. The van der Waals surface area contributed by atoms with E-state index in [1.165, 1.54) is 5.39 Å². The molecule has 2 N–H and O–H groups in total. The maximum Gasteiger partial charge on any atom is 0.221 e. The van der Waals surface area contributed by atoms with Gasteiger partial charge in [-0.15, -0.1) is 10.2 Å². The number of thiocarbonyl (C=S) groups is 1. The predicted molar refractivity (Wildman–Crippen MR) is 113 cm³/mol. The van der Waals surface area contributed by atoms with E-state index in [9.17, 15) is 5.11 Å². The van der Waals surface area contributed by atoms with Crippen LogP contribution in [0.2, 0.25) is 0 Å². The van der Waals surface area contributed by atoms with Crippen LogP contribution < -0.4 is 5.32 Å². The lowest BCUT2D eigenvalue weighted by Gasteiger charge is -2.10. The Balaban J connectivity index is 1.86. The van der Waals surface area contributed by atoms with Crippen molar-refractivity contribution in [3.63, 3.8) is 0 Å². The lowest BCUT2D eigenvalue weighted by atomic mass is 10.0. The molecular formula is C21H18N4OS. The SMILES string of the molecule is CNC(=S)N=Nc1c(O)n(Cc2cccc3ccccc23)c2ccccc12. The van der Waals surface area contributed by atoms with Gasteiger partial charge >= 0.3 is 0 Å². The standard InChI is InChI=1S/C21H18N4OS/c1-22-21(27)24-23-19-17-11-4-5-12-18(17)25(20(19)26)13-15-9-6-8-14-7-2-3-10-16(14)15/h2-12,26H,13H2,1H3,(H,22,27). The molecular weight excluding hydrogens is 356 g/mol. The number of nitrogens with zero attached hydrogens (tertiary/aromatic N) is 3. The predicted octanol–water partition coefficient (Wildman–Crippen LogP) is 5.14. The summed E-state index contributed by atoms with van der Waals surface area (Å²) in [7, 11) is 1.69. The summed E-state index contributed by atoms with van der Waals surface area (Å²) in [6, 6.07) is 22.2. The highest BCUT2D eigenvalue weighted by atomic mass is 32.1. The minimum atomic E-state index is 0.0757. The molecule has 0 saturated heterocycles. The molecule has 1 heterocycles. The summed E-state index contributed by atoms with van der Waals surface area (Å²) in [5.74, 6) is 0.0757. The fourth-order valence-electron chi connectivity index (χ4n) is 3.28. The van der Waals surface area contributed by atoms with Crippen LogP contribution in [-0.2, 0) is 6.54 Å². The van der Waals surface area contributed by atoms with Crippen molar-refractivity contribution in [1.82, 2.24) is 9.88 Å². The van der Waals surface area contributed by atoms with E-state index in [2.05, 4.69) is 39.8 Å². The zero-order chi connectivity index (χ0) is 18.8. The fourth-order valence-corrected chi connectivity index (χ4v) is 3.32. The van der Waals surface area contributed by atoms with Crippen molar-refractivity contribution < 1.29 is 5.11 Å². The highest BCUT2D eigenvalue weighted by Crippen LogP contribution is 2.39. The number of nitrogens with one attached hydrogen (secondary N) is 1. The highest BCUT2D eigenvalue weighted by Gasteiger charge is 2.17. The van der Waals surface area contributed by atoms with Crippen LogP contribution in [0.3, 0.4) is 0 Å². The Bertz CT molecular complexity index is 1170. The van der Waals surface area contributed by atoms with Crippen molar-refractivity contribution >= 4 is 44.7 Å². The largest absolute Gasteiger partial charge is 0.493 e. The number of benzene rings is 3. The minimum absolute atomic E-state index is 0.0757. The lowest BCUT2D eigenvalue weighted by molar-refractivity contribution is 0.430. The van der Waals surface area contributed by atoms with Crippen LogP contribution in [0.1, 0.15) is 5.56 Å². The number of azo groups is 1. The van der Waals surface area contributed by atoms with E-state index < -0.39 is 0 Å². The van der Waals surface area contributed by atoms with Crippen molar-refractivity contribution in [2.45, 2.75) is 6.54 Å². The summed E-state index contributed by atoms with van der Waals surface area (Å²) < 4.78 is 1.86. The second kappa shape index (κ2) is 7.17. The molecule has 4 rings (SSSR count). The van der Waals surface area contributed by atoms with E-state index in [4.69, 9.17) is 12.2 Å². The Morgan fingerprint density at radius 1 is 1.00 bits per heavy atom. The van der Waals surface area contributed by atoms with Crippen LogP contribution in [0.25, 0.3) is 21.7 Å². The Hall–Kier alpha value is -3.25. The zero-order valence-electron chi connectivity index (χ0n) is 14.8. The van der Waals surface area contributed by atoms with Crippen LogP contribution >= 0.6 is 12.2 Å². The van der Waals surface area contributed by atoms with Crippen molar-refractivity contribution in [1.29, 1.82) is 0 Å². The third-order valence-electron chi connectivity index (χ3n) is 4.58. The van der Waals surface area contributed by atoms with Gasteiger partial charge in [-0.1, -0.05) is 60.7 Å². The maximum atomic E-state index is 10.9. The van der Waals surface area contributed by atoms with Crippen LogP contribution in [0.4, 0.5) is 5.69 Å². The lowest BCUT2D eigenvalue weighted by Crippen LogP contribution is -2.11. The molecule has 0 atom stereocenters. The van der Waals surface area contributed by atoms with E-state index in [0.29, 0.717) is 12.2 Å². The first kappa shape index (κ1) is 17.2. The molecule has 0 aliphatic carbocycles. The average molecular weight is 374 g/mol. The third-order valence-corrected chi connectivity index (χ3v) is 4.87. The molecule has 3 aromatic carbocycles. The number of fused-ring (bicyclic) bond motifs is 2. The molecule has 0 bridgehead atoms. The average Bonchev–Trinajstić information content (AvgIpc) is 2.97. The topological polar surface area (TPSA) is 61.9 Å². The molecule has 4 aromatic rings. The van der Waals surface area contributed by atoms with Gasteiger partial charge in [0.05, 0.1) is 12.1 Å². The Kier molecular flexibility index (Phi) is 4.56. The molecule has 0 fully saturated rings. The van der Waals surface area contributed by atoms with Crippen molar-refractivity contribution in [2.24, 2.45) is 10.2 Å². The van der Waals surface area contributed by atoms with Gasteiger partial charge in [-0.3, -0.25) is 0 Å². The van der Waals surface area contributed by atoms with Gasteiger partial charge < -0.3 is 15.0 Å². The first-order chi connectivity index (χ1) is 13.2. The zero-order valence-corrected chi connectivity index (χ0v) is 15.6. The maximum absolute atomic E-state index is 10.9. The highest BCUT2D eigenvalue weighted by molar-refractivity contribution is 7.80. The summed E-state index contributed by atoms with van der Waals surface area (Å²) in [4.78, 5) is 0. The van der Waals surface area contributed by atoms with E-state index in [1.807, 2.05) is 47.0 Å². The molecule has 0 unspecified atom stereocenters. The molecule has 0 aliphatic heterocycles. The van der Waals surface area contributed by atoms with Crippen LogP contribution in [0.15, 0.2) is 77.0 Å². The smallest absolute Gasteiger partial charge is 0.221 e. The first-order valence-corrected chi connectivity index (χ1v) is 9.00. The molecule has 0 radical (unpaired) electrons. The summed E-state index contributed by atoms with van der Waals surface area (Å²) in [6.45, 7) is 0.527. The number of aromatic hydroxyl groups is 1. The summed E-state index contributed by atoms with van der Waals surface area (Å²) in [6.07, 6.45) is 0. The van der Waals surface area contributed by atoms with Crippen molar-refractivity contribution in [3.8, 4) is 5.88 Å². The number of hydrogen-bond donors (Lipinski definition) is 2. The number of rotatable bonds is 3. The van der Waals surface area contributed by atoms with E-state index in [0.717, 1.165) is 21.9 Å². The van der Waals surface area contributed by atoms with Gasteiger partial charge in [-0.05, 0) is 34.6 Å². The molecule has 134 valence electrons. The Morgan fingerprint density at radius 2 is 1.70 bits per heavy atom. The van der Waals surface area contributed by atoms with Crippen LogP contribution in [0, 0.1) is 0 Å². The normalized spacial score (nSPS) is 11.4. The molecule has 0 saturated carbocycles. The number of para-hydroxylation sites is 1. The summed E-state index contributed by atoms with van der Waals surface area (Å²) in [5.41, 5.74) is 2.44. The molecule has 0 aliphatic rings. The quantitative estimate of drug-likeness (QED) is 0.386. The Labute approximate surface area is 162 Å². The second-order valence-corrected chi connectivity index (χ2v) is 6.56. The van der Waals surface area contributed by atoms with Crippen LogP contribution in [-0.4, -0.2) is 21.8 Å². The van der Waals surface area contributed by atoms with Crippen LogP contribution in [0.5, 0.6) is 5.88 Å². The van der Waals surface area contributed by atoms with Crippen molar-refractivity contribution in [2.75, 3.05) is 7.05 Å². The van der Waals surface area contributed by atoms with Gasteiger partial charge in [-0.25, -0.2) is 0 Å². The van der Waals surface area contributed by atoms with Crippen molar-refractivity contribution in [3.05, 3.63) is 72.3 Å². The minimum Gasteiger partial charge on any atom is -0.493 e. The summed E-state index contributed by atoms with van der Waals surface area (Å²) in [5, 5.41) is 25.2. The van der Waals surface area contributed by atoms with Gasteiger partial charge in [-0.2, -0.15) is 0 Å². The van der Waals surface area contributed by atoms with Gasteiger partial charge in [0.1, 0.15) is 0 Å².